The Balaban J connectivity index is 2.13. The number of aromatic nitrogens is 3. The van der Waals surface area contributed by atoms with Crippen molar-refractivity contribution in [1.29, 1.82) is 5.26 Å². The van der Waals surface area contributed by atoms with Gasteiger partial charge in [-0.25, -0.2) is 9.98 Å². The van der Waals surface area contributed by atoms with Gasteiger partial charge < -0.3 is 5.11 Å². The van der Waals surface area contributed by atoms with Crippen LogP contribution < -0.4 is 9.79 Å². The normalized spacial score (nSPS) is 11.4. The Bertz CT molecular complexity index is 733. The summed E-state index contributed by atoms with van der Waals surface area (Å²) in [6.45, 7) is 3.69. The fourth-order valence-corrected chi connectivity index (χ4v) is 2.57. The van der Waals surface area contributed by atoms with Gasteiger partial charge in [0.2, 0.25) is 0 Å². The number of rotatable bonds is 4. The minimum atomic E-state index is -0.374. The molecule has 0 fully saturated rings. The molecule has 0 unspecified atom stereocenters. The van der Waals surface area contributed by atoms with Gasteiger partial charge in [0.25, 0.3) is 6.20 Å². The Morgan fingerprint density at radius 3 is 2.95 bits per heavy atom. The third-order valence-electron chi connectivity index (χ3n) is 2.55. The molecule has 0 spiro atoms. The molecule has 2 aromatic rings. The third kappa shape index (κ3) is 3.79. The van der Waals surface area contributed by atoms with Crippen molar-refractivity contribution in [3.63, 3.8) is 0 Å². The fourth-order valence-electron chi connectivity index (χ4n) is 1.69. The molecule has 0 amide bonds. The molecular weight excluding hydrogens is 290 g/mol. The summed E-state index contributed by atoms with van der Waals surface area (Å²) in [7, 11) is 1.67. The first-order chi connectivity index (χ1) is 9.99. The lowest BCUT2D eigenvalue weighted by atomic mass is 10.1. The first-order valence-corrected chi connectivity index (χ1v) is 7.06. The number of thioether (sulfide) groups is 1. The molecule has 0 aromatic carbocycles. The van der Waals surface area contributed by atoms with E-state index >= 15 is 0 Å². The number of nitrogens with zero attached hydrogens (tertiary/aromatic N) is 5. The summed E-state index contributed by atoms with van der Waals surface area (Å²) in [5.41, 5.74) is 2.14. The Morgan fingerprint density at radius 1 is 1.57 bits per heavy atom. The number of pyridine rings is 1. The molecule has 2 rings (SSSR count). The molecule has 0 N–H and O–H groups in total. The molecule has 0 aliphatic carbocycles. The average molecular weight is 303 g/mol. The number of aliphatic imine (C=N–C) groups is 1. The van der Waals surface area contributed by atoms with Gasteiger partial charge in [0.05, 0.1) is 5.56 Å². The maximum atomic E-state index is 11.8. The van der Waals surface area contributed by atoms with Gasteiger partial charge in [-0.05, 0) is 31.4 Å². The molecule has 0 bridgehead atoms. The summed E-state index contributed by atoms with van der Waals surface area (Å²) in [5, 5.41) is 25.0. The highest BCUT2D eigenvalue weighted by Crippen LogP contribution is 2.23. The molecule has 0 radical (unpaired) electrons. The summed E-state index contributed by atoms with van der Waals surface area (Å²) in [4.78, 5) is 8.07. The second-order valence-electron chi connectivity index (χ2n) is 4.38. The predicted molar refractivity (Wildman–Crippen MR) is 73.9 cm³/mol. The Hall–Kier alpha value is -2.40. The van der Waals surface area contributed by atoms with Crippen LogP contribution in [0.4, 0.5) is 5.88 Å². The SMILES string of the molecule is Cc1cc(C)c(C#N)c(SC/C([O-])=N/c2c[n+](C)no2)n1. The highest BCUT2D eigenvalue weighted by molar-refractivity contribution is 7.99. The number of hydrogen-bond donors (Lipinski definition) is 0. The maximum Gasteiger partial charge on any atom is 0.320 e. The largest absolute Gasteiger partial charge is 0.861 e. The highest BCUT2D eigenvalue weighted by atomic mass is 32.2. The summed E-state index contributed by atoms with van der Waals surface area (Å²) in [5.74, 6) is -0.145. The van der Waals surface area contributed by atoms with Gasteiger partial charge >= 0.3 is 5.88 Å². The highest BCUT2D eigenvalue weighted by Gasteiger charge is 2.09. The second kappa shape index (κ2) is 6.37. The molecule has 108 valence electrons. The molecule has 0 aliphatic heterocycles. The lowest BCUT2D eigenvalue weighted by molar-refractivity contribution is -0.739. The Labute approximate surface area is 125 Å². The van der Waals surface area contributed by atoms with Crippen molar-refractivity contribution in [3.05, 3.63) is 29.1 Å². The quantitative estimate of drug-likeness (QED) is 0.354. The summed E-state index contributed by atoms with van der Waals surface area (Å²) < 4.78 is 6.23. The van der Waals surface area contributed by atoms with Crippen molar-refractivity contribution in [2.75, 3.05) is 5.75 Å². The average Bonchev–Trinajstić information content (AvgIpc) is 2.81. The van der Waals surface area contributed by atoms with Crippen LogP contribution >= 0.6 is 11.8 Å². The molecule has 7 nitrogen and oxygen atoms in total. The van der Waals surface area contributed by atoms with Crippen LogP contribution in [0.15, 0.2) is 26.8 Å². The van der Waals surface area contributed by atoms with E-state index in [2.05, 4.69) is 21.3 Å². The zero-order valence-corrected chi connectivity index (χ0v) is 12.6. The van der Waals surface area contributed by atoms with E-state index in [0.29, 0.717) is 10.6 Å². The van der Waals surface area contributed by atoms with Gasteiger partial charge in [-0.2, -0.15) is 5.26 Å². The van der Waals surface area contributed by atoms with Crippen molar-refractivity contribution in [3.8, 4) is 6.07 Å². The van der Waals surface area contributed by atoms with Crippen LogP contribution in [0.1, 0.15) is 16.8 Å². The molecule has 0 saturated heterocycles. The molecule has 2 heterocycles. The van der Waals surface area contributed by atoms with E-state index in [1.165, 1.54) is 22.6 Å². The van der Waals surface area contributed by atoms with Crippen LogP contribution in [0.2, 0.25) is 0 Å². The molecule has 0 atom stereocenters. The zero-order valence-electron chi connectivity index (χ0n) is 11.8. The lowest BCUT2D eigenvalue weighted by Gasteiger charge is -2.10. The van der Waals surface area contributed by atoms with Crippen LogP contribution in [-0.2, 0) is 7.05 Å². The van der Waals surface area contributed by atoms with Crippen LogP contribution in [0.25, 0.3) is 0 Å². The van der Waals surface area contributed by atoms with Gasteiger partial charge in [-0.1, -0.05) is 16.4 Å². The Morgan fingerprint density at radius 2 is 2.33 bits per heavy atom. The minimum absolute atomic E-state index is 0.0784. The molecule has 21 heavy (non-hydrogen) atoms. The number of hydrogen-bond acceptors (Lipinski definition) is 7. The maximum absolute atomic E-state index is 11.8. The van der Waals surface area contributed by atoms with E-state index < -0.39 is 0 Å². The van der Waals surface area contributed by atoms with Crippen molar-refractivity contribution in [2.24, 2.45) is 12.0 Å². The fraction of sp³-hybridized carbons (Fsp3) is 0.308. The van der Waals surface area contributed by atoms with Gasteiger partial charge in [-0.3, -0.25) is 4.52 Å². The molecular formula is C13H13N5O2S. The molecule has 0 aliphatic rings. The second-order valence-corrected chi connectivity index (χ2v) is 5.34. The van der Waals surface area contributed by atoms with Gasteiger partial charge in [0.1, 0.15) is 11.1 Å². The van der Waals surface area contributed by atoms with Crippen molar-refractivity contribution in [1.82, 2.24) is 10.3 Å². The number of nitriles is 1. The van der Waals surface area contributed by atoms with Gasteiger partial charge in [0, 0.05) is 11.4 Å². The van der Waals surface area contributed by atoms with Gasteiger partial charge in [0.15, 0.2) is 12.3 Å². The molecule has 2 aromatic heterocycles. The van der Waals surface area contributed by atoms with Crippen LogP contribution in [0, 0.1) is 25.2 Å². The van der Waals surface area contributed by atoms with E-state index in [9.17, 15) is 5.11 Å². The third-order valence-corrected chi connectivity index (χ3v) is 3.51. The minimum Gasteiger partial charge on any atom is -0.861 e. The van der Waals surface area contributed by atoms with Crippen molar-refractivity contribution >= 4 is 23.5 Å². The standard InChI is InChI=1S/C13H13N5O2S/c1-8-4-9(2)15-13(10(8)5-14)21-7-11(19)16-12-6-18(3)17-20-12/h4,6H,7H2,1-3H3. The van der Waals surface area contributed by atoms with E-state index in [-0.39, 0.29) is 17.5 Å². The Kier molecular flexibility index (Phi) is 4.55. The van der Waals surface area contributed by atoms with Crippen LogP contribution in [-0.4, -0.2) is 21.9 Å². The smallest absolute Gasteiger partial charge is 0.320 e. The summed E-state index contributed by atoms with van der Waals surface area (Å²) >= 11 is 1.19. The first kappa shape index (κ1) is 15.0. The summed E-state index contributed by atoms with van der Waals surface area (Å²) in [6.07, 6.45) is 1.50. The predicted octanol–water partition coefficient (Wildman–Crippen LogP) is 0.565. The molecule has 8 heteroatoms. The first-order valence-electron chi connectivity index (χ1n) is 6.08. The van der Waals surface area contributed by atoms with Gasteiger partial charge in [-0.15, -0.1) is 0 Å². The van der Waals surface area contributed by atoms with E-state index in [1.54, 1.807) is 7.05 Å². The lowest BCUT2D eigenvalue weighted by Crippen LogP contribution is -2.27. The number of aryl methyl sites for hydroxylation is 3. The van der Waals surface area contributed by atoms with Crippen molar-refractivity contribution < 1.29 is 14.3 Å². The van der Waals surface area contributed by atoms with Crippen LogP contribution in [0.3, 0.4) is 0 Å². The van der Waals surface area contributed by atoms with E-state index in [1.807, 2.05) is 19.9 Å². The van der Waals surface area contributed by atoms with E-state index in [4.69, 9.17) is 9.78 Å². The van der Waals surface area contributed by atoms with E-state index in [0.717, 1.165) is 11.3 Å². The zero-order chi connectivity index (χ0) is 15.4. The monoisotopic (exact) mass is 303 g/mol. The topological polar surface area (TPSA) is 102 Å². The van der Waals surface area contributed by atoms with Crippen molar-refractivity contribution in [2.45, 2.75) is 18.9 Å². The molecule has 0 saturated carbocycles. The summed E-state index contributed by atoms with van der Waals surface area (Å²) in [6, 6.07) is 3.95. The van der Waals surface area contributed by atoms with Crippen LogP contribution in [0.5, 0.6) is 0 Å².